The topological polar surface area (TPSA) is 72.9 Å². The number of nitrogens with one attached hydrogen (secondary N) is 1. The molecule has 3 N–H and O–H groups in total. The maximum absolute atomic E-state index is 12.4. The maximum atomic E-state index is 12.4. The summed E-state index contributed by atoms with van der Waals surface area (Å²) in [5.74, 6) is 4.05. The lowest BCUT2D eigenvalue weighted by Crippen LogP contribution is -2.20. The summed E-state index contributed by atoms with van der Waals surface area (Å²) >= 11 is 0. The van der Waals surface area contributed by atoms with Crippen LogP contribution in [0.15, 0.2) is 6.20 Å². The monoisotopic (exact) mass is 260 g/mol. The number of aromatic nitrogens is 2. The van der Waals surface area contributed by atoms with Gasteiger partial charge in [-0.1, -0.05) is 0 Å². The van der Waals surface area contributed by atoms with Gasteiger partial charge in [0.2, 0.25) is 5.91 Å². The number of nitrogens with zero attached hydrogens (tertiary/aromatic N) is 2. The fourth-order valence-electron chi connectivity index (χ4n) is 4.67. The predicted octanol–water partition coefficient (Wildman–Crippen LogP) is 1.11. The second-order valence-corrected chi connectivity index (χ2v) is 6.38. The lowest BCUT2D eigenvalue weighted by Gasteiger charge is -2.08. The van der Waals surface area contributed by atoms with Gasteiger partial charge in [-0.3, -0.25) is 9.48 Å². The number of anilines is 1. The van der Waals surface area contributed by atoms with E-state index in [0.717, 1.165) is 17.4 Å². The second-order valence-electron chi connectivity index (χ2n) is 6.38. The van der Waals surface area contributed by atoms with Gasteiger partial charge < -0.3 is 11.1 Å². The average molecular weight is 260 g/mol. The standard InChI is InChI=1S/C14H20N4O/c1-18-6-9(5-15)13(17-18)16-14(19)12-10-7-2-3-8(4-7)11(10)12/h6-8,10-12H,2-5,15H2,1H3,(H,16,17,19). The van der Waals surface area contributed by atoms with E-state index in [-0.39, 0.29) is 11.8 Å². The molecule has 102 valence electrons. The smallest absolute Gasteiger partial charge is 0.229 e. The Bertz CT molecular complexity index is 522. The van der Waals surface area contributed by atoms with E-state index in [2.05, 4.69) is 10.4 Å². The highest BCUT2D eigenvalue weighted by atomic mass is 16.2. The highest BCUT2D eigenvalue weighted by Gasteiger charge is 2.67. The molecule has 1 aromatic rings. The van der Waals surface area contributed by atoms with Gasteiger partial charge >= 0.3 is 0 Å². The first kappa shape index (κ1) is 11.5. The lowest BCUT2D eigenvalue weighted by atomic mass is 10.0. The zero-order valence-corrected chi connectivity index (χ0v) is 11.2. The minimum atomic E-state index is 0.167. The van der Waals surface area contributed by atoms with Crippen LogP contribution in [0.1, 0.15) is 24.8 Å². The molecule has 3 aliphatic carbocycles. The van der Waals surface area contributed by atoms with Crippen LogP contribution in [0, 0.1) is 29.6 Å². The highest BCUT2D eigenvalue weighted by molar-refractivity contribution is 5.95. The van der Waals surface area contributed by atoms with Gasteiger partial charge in [0.05, 0.1) is 0 Å². The molecule has 4 unspecified atom stereocenters. The molecule has 19 heavy (non-hydrogen) atoms. The number of rotatable bonds is 3. The van der Waals surface area contributed by atoms with Crippen molar-refractivity contribution in [1.29, 1.82) is 0 Å². The molecule has 4 rings (SSSR count). The van der Waals surface area contributed by atoms with E-state index < -0.39 is 0 Å². The lowest BCUT2D eigenvalue weighted by molar-refractivity contribution is -0.118. The van der Waals surface area contributed by atoms with Crippen molar-refractivity contribution in [3.63, 3.8) is 0 Å². The molecular formula is C14H20N4O. The van der Waals surface area contributed by atoms with Gasteiger partial charge in [-0.15, -0.1) is 0 Å². The van der Waals surface area contributed by atoms with Crippen molar-refractivity contribution in [3.8, 4) is 0 Å². The Hall–Kier alpha value is -1.36. The van der Waals surface area contributed by atoms with Gasteiger partial charge in [0.25, 0.3) is 0 Å². The van der Waals surface area contributed by atoms with Gasteiger partial charge in [0.15, 0.2) is 5.82 Å². The molecule has 5 heteroatoms. The Morgan fingerprint density at radius 3 is 2.79 bits per heavy atom. The zero-order chi connectivity index (χ0) is 13.1. The zero-order valence-electron chi connectivity index (χ0n) is 11.2. The Morgan fingerprint density at radius 1 is 1.47 bits per heavy atom. The van der Waals surface area contributed by atoms with Gasteiger partial charge in [-0.25, -0.2) is 0 Å². The van der Waals surface area contributed by atoms with Crippen LogP contribution in [-0.4, -0.2) is 15.7 Å². The molecule has 3 aliphatic rings. The van der Waals surface area contributed by atoms with Crippen molar-refractivity contribution in [3.05, 3.63) is 11.8 Å². The number of hydrogen-bond donors (Lipinski definition) is 2. The summed E-state index contributed by atoms with van der Waals surface area (Å²) in [4.78, 5) is 12.4. The SMILES string of the molecule is Cn1cc(CN)c(NC(=O)C2C3C4CCC(C4)C23)n1. The van der Waals surface area contributed by atoms with Gasteiger partial charge in [0, 0.05) is 31.3 Å². The molecule has 3 saturated carbocycles. The van der Waals surface area contributed by atoms with E-state index in [4.69, 9.17) is 5.73 Å². The van der Waals surface area contributed by atoms with E-state index >= 15 is 0 Å². The fourth-order valence-corrected chi connectivity index (χ4v) is 4.67. The van der Waals surface area contributed by atoms with E-state index in [1.54, 1.807) is 4.68 Å². The average Bonchev–Trinajstić information content (AvgIpc) is 2.71. The van der Waals surface area contributed by atoms with Crippen molar-refractivity contribution >= 4 is 11.7 Å². The summed E-state index contributed by atoms with van der Waals surface area (Å²) in [5, 5.41) is 7.27. The third-order valence-electron chi connectivity index (χ3n) is 5.40. The Kier molecular flexibility index (Phi) is 2.31. The molecule has 0 saturated heterocycles. The van der Waals surface area contributed by atoms with Crippen molar-refractivity contribution in [2.24, 2.45) is 42.4 Å². The van der Waals surface area contributed by atoms with E-state index in [9.17, 15) is 4.79 Å². The van der Waals surface area contributed by atoms with Crippen LogP contribution in [-0.2, 0) is 18.4 Å². The highest BCUT2D eigenvalue weighted by Crippen LogP contribution is 2.69. The van der Waals surface area contributed by atoms with E-state index in [0.29, 0.717) is 24.2 Å². The van der Waals surface area contributed by atoms with Gasteiger partial charge in [-0.2, -0.15) is 5.10 Å². The molecule has 3 fully saturated rings. The molecule has 5 nitrogen and oxygen atoms in total. The number of carbonyl (C=O) groups is 1. The first-order valence-corrected chi connectivity index (χ1v) is 7.22. The summed E-state index contributed by atoms with van der Waals surface area (Å²) in [6.07, 6.45) is 5.92. The number of amides is 1. The molecule has 0 radical (unpaired) electrons. The second kappa shape index (κ2) is 3.82. The first-order valence-electron chi connectivity index (χ1n) is 7.22. The summed E-state index contributed by atoms with van der Waals surface area (Å²) in [7, 11) is 1.85. The molecule has 2 bridgehead atoms. The van der Waals surface area contributed by atoms with Crippen molar-refractivity contribution in [1.82, 2.24) is 9.78 Å². The quantitative estimate of drug-likeness (QED) is 0.855. The van der Waals surface area contributed by atoms with E-state index in [1.807, 2.05) is 13.2 Å². The number of aryl methyl sites for hydroxylation is 1. The third kappa shape index (κ3) is 1.57. The number of fused-ring (bicyclic) bond motifs is 5. The molecule has 1 amide bonds. The predicted molar refractivity (Wildman–Crippen MR) is 71.0 cm³/mol. The van der Waals surface area contributed by atoms with Crippen LogP contribution in [0.25, 0.3) is 0 Å². The fraction of sp³-hybridized carbons (Fsp3) is 0.714. The van der Waals surface area contributed by atoms with Crippen molar-refractivity contribution in [2.75, 3.05) is 5.32 Å². The normalized spacial score (nSPS) is 38.3. The largest absolute Gasteiger partial charge is 0.326 e. The van der Waals surface area contributed by atoms with Crippen LogP contribution in [0.3, 0.4) is 0 Å². The van der Waals surface area contributed by atoms with Crippen molar-refractivity contribution in [2.45, 2.75) is 25.8 Å². The Balaban J connectivity index is 1.48. The maximum Gasteiger partial charge on any atom is 0.229 e. The van der Waals surface area contributed by atoms with Crippen LogP contribution in [0.4, 0.5) is 5.82 Å². The molecule has 1 aromatic heterocycles. The summed E-state index contributed by atoms with van der Waals surface area (Å²) in [6.45, 7) is 0.409. The molecule has 0 aromatic carbocycles. The van der Waals surface area contributed by atoms with E-state index in [1.165, 1.54) is 19.3 Å². The number of hydrogen-bond acceptors (Lipinski definition) is 3. The summed E-state index contributed by atoms with van der Waals surface area (Å²) < 4.78 is 1.70. The number of carbonyl (C=O) groups excluding carboxylic acids is 1. The van der Waals surface area contributed by atoms with Gasteiger partial charge in [0.1, 0.15) is 0 Å². The van der Waals surface area contributed by atoms with Crippen LogP contribution in [0.2, 0.25) is 0 Å². The molecule has 0 aliphatic heterocycles. The van der Waals surface area contributed by atoms with Crippen LogP contribution in [0.5, 0.6) is 0 Å². The van der Waals surface area contributed by atoms with Gasteiger partial charge in [-0.05, 0) is 42.9 Å². The first-order chi connectivity index (χ1) is 9.19. The number of nitrogens with two attached hydrogens (primary N) is 1. The van der Waals surface area contributed by atoms with Crippen molar-refractivity contribution < 1.29 is 4.79 Å². The molecule has 1 heterocycles. The van der Waals surface area contributed by atoms with Crippen LogP contribution >= 0.6 is 0 Å². The summed E-state index contributed by atoms with van der Waals surface area (Å²) in [6, 6.07) is 0. The molecular weight excluding hydrogens is 240 g/mol. The minimum absolute atomic E-state index is 0.167. The Morgan fingerprint density at radius 2 is 2.16 bits per heavy atom. The minimum Gasteiger partial charge on any atom is -0.326 e. The Labute approximate surface area is 112 Å². The van der Waals surface area contributed by atoms with Crippen LogP contribution < -0.4 is 11.1 Å². The molecule has 4 atom stereocenters. The summed E-state index contributed by atoms with van der Waals surface area (Å²) in [5.41, 5.74) is 6.58. The molecule has 0 spiro atoms. The third-order valence-corrected chi connectivity index (χ3v) is 5.40.